The molecule has 3 rings (SSSR count). The Bertz CT molecular complexity index is 924. The van der Waals surface area contributed by atoms with Crippen molar-refractivity contribution in [2.24, 2.45) is 0 Å². The maximum absolute atomic E-state index is 12.7. The molecule has 0 radical (unpaired) electrons. The Morgan fingerprint density at radius 1 is 0.963 bits per heavy atom. The lowest BCUT2D eigenvalue weighted by Gasteiger charge is -2.36. The monoisotopic (exact) mass is 401 g/mol. The van der Waals surface area contributed by atoms with Crippen molar-refractivity contribution in [3.63, 3.8) is 0 Å². The minimum Gasteiger partial charge on any atom is -0.367 e. The summed E-state index contributed by atoms with van der Waals surface area (Å²) in [6, 6.07) is 12.0. The number of Topliss-reactive ketones (excluding diaryl/α,β-unsaturated/α-hetero) is 1. The van der Waals surface area contributed by atoms with Crippen LogP contribution < -0.4 is 4.90 Å². The Labute approximate surface area is 167 Å². The van der Waals surface area contributed by atoms with Crippen LogP contribution in [0.4, 0.5) is 5.69 Å². The highest BCUT2D eigenvalue weighted by Crippen LogP contribution is 2.25. The molecule has 0 aliphatic carbocycles. The van der Waals surface area contributed by atoms with Crippen molar-refractivity contribution in [3.8, 4) is 6.07 Å². The van der Waals surface area contributed by atoms with Crippen LogP contribution in [-0.4, -0.2) is 42.8 Å². The van der Waals surface area contributed by atoms with E-state index >= 15 is 0 Å². The molecule has 138 valence electrons. The first kappa shape index (κ1) is 19.2. The van der Waals surface area contributed by atoms with Gasteiger partial charge >= 0.3 is 0 Å². The Balaban J connectivity index is 1.76. The summed E-state index contributed by atoms with van der Waals surface area (Å²) in [6.07, 6.45) is 0. The van der Waals surface area contributed by atoms with E-state index in [0.717, 1.165) is 5.69 Å². The van der Waals surface area contributed by atoms with Crippen molar-refractivity contribution in [2.45, 2.75) is 6.92 Å². The molecular weight excluding hydrogens is 385 g/mol. The molecule has 7 heteroatoms. The number of ketones is 1. The molecular formula is C20H17Cl2N3O2. The molecule has 2 aromatic carbocycles. The predicted octanol–water partition coefficient (Wildman–Crippen LogP) is 4.03. The number of nitriles is 1. The maximum Gasteiger partial charge on any atom is 0.254 e. The summed E-state index contributed by atoms with van der Waals surface area (Å²) < 4.78 is 0. The van der Waals surface area contributed by atoms with Crippen molar-refractivity contribution in [1.82, 2.24) is 4.90 Å². The summed E-state index contributed by atoms with van der Waals surface area (Å²) in [5, 5.41) is 10.2. The van der Waals surface area contributed by atoms with Crippen LogP contribution in [0, 0.1) is 11.3 Å². The lowest BCUT2D eigenvalue weighted by Crippen LogP contribution is -2.49. The summed E-state index contributed by atoms with van der Waals surface area (Å²) in [6.45, 7) is 3.63. The van der Waals surface area contributed by atoms with E-state index < -0.39 is 0 Å². The normalized spacial score (nSPS) is 14.0. The maximum atomic E-state index is 12.7. The number of carbonyl (C=O) groups excluding carboxylic acids is 2. The average molecular weight is 402 g/mol. The lowest BCUT2D eigenvalue weighted by atomic mass is 10.1. The topological polar surface area (TPSA) is 64.4 Å². The minimum atomic E-state index is -0.128. The largest absolute Gasteiger partial charge is 0.367 e. The number of rotatable bonds is 3. The van der Waals surface area contributed by atoms with Crippen LogP contribution in [0.5, 0.6) is 0 Å². The fourth-order valence-corrected chi connectivity index (χ4v) is 3.64. The standard InChI is InChI=1S/C20H17Cl2N3O2/c1-13(26)14-2-3-15(12-23)19(10-14)24-4-6-25(7-5-24)20(27)16-8-17(21)11-18(22)9-16/h2-3,8-11H,4-7H2,1H3. The number of carbonyl (C=O) groups is 2. The number of nitrogens with zero attached hydrogens (tertiary/aromatic N) is 3. The Kier molecular flexibility index (Phi) is 5.69. The lowest BCUT2D eigenvalue weighted by molar-refractivity contribution is 0.0746. The van der Waals surface area contributed by atoms with Crippen molar-refractivity contribution in [3.05, 3.63) is 63.1 Å². The van der Waals surface area contributed by atoms with Crippen molar-refractivity contribution >= 4 is 40.6 Å². The Hall–Kier alpha value is -2.55. The van der Waals surface area contributed by atoms with E-state index in [-0.39, 0.29) is 11.7 Å². The van der Waals surface area contributed by atoms with E-state index in [4.69, 9.17) is 23.2 Å². The van der Waals surface area contributed by atoms with Gasteiger partial charge in [0.15, 0.2) is 5.78 Å². The smallest absolute Gasteiger partial charge is 0.254 e. The van der Waals surface area contributed by atoms with Gasteiger partial charge in [0, 0.05) is 47.4 Å². The van der Waals surface area contributed by atoms with Crippen LogP contribution >= 0.6 is 23.2 Å². The fraction of sp³-hybridized carbons (Fsp3) is 0.250. The second-order valence-corrected chi connectivity index (χ2v) is 7.21. The summed E-state index contributed by atoms with van der Waals surface area (Å²) in [5.74, 6) is -0.176. The zero-order chi connectivity index (χ0) is 19.6. The molecule has 27 heavy (non-hydrogen) atoms. The molecule has 0 unspecified atom stereocenters. The first-order valence-electron chi connectivity index (χ1n) is 8.44. The third-order valence-corrected chi connectivity index (χ3v) is 4.98. The van der Waals surface area contributed by atoms with Gasteiger partial charge in [0.2, 0.25) is 0 Å². The number of anilines is 1. The summed E-state index contributed by atoms with van der Waals surface area (Å²) in [5.41, 5.74) is 2.26. The van der Waals surface area contributed by atoms with Crippen molar-refractivity contribution < 1.29 is 9.59 Å². The SMILES string of the molecule is CC(=O)c1ccc(C#N)c(N2CCN(C(=O)c3cc(Cl)cc(Cl)c3)CC2)c1. The number of piperazine rings is 1. The fourth-order valence-electron chi connectivity index (χ4n) is 3.12. The second kappa shape index (κ2) is 7.99. The first-order chi connectivity index (χ1) is 12.9. The van der Waals surface area contributed by atoms with E-state index in [1.807, 2.05) is 4.90 Å². The van der Waals surface area contributed by atoms with E-state index in [9.17, 15) is 14.9 Å². The molecule has 0 atom stereocenters. The highest BCUT2D eigenvalue weighted by molar-refractivity contribution is 6.35. The average Bonchev–Trinajstić information content (AvgIpc) is 2.66. The van der Waals surface area contributed by atoms with E-state index in [0.29, 0.717) is 52.9 Å². The van der Waals surface area contributed by atoms with Crippen LogP contribution in [0.1, 0.15) is 33.2 Å². The van der Waals surface area contributed by atoms with Crippen LogP contribution in [0.2, 0.25) is 10.0 Å². The molecule has 0 aromatic heterocycles. The number of halogens is 2. The van der Waals surface area contributed by atoms with Gasteiger partial charge in [0.05, 0.1) is 11.3 Å². The molecule has 1 heterocycles. The molecule has 0 spiro atoms. The third-order valence-electron chi connectivity index (χ3n) is 4.54. The van der Waals surface area contributed by atoms with Gasteiger partial charge in [-0.1, -0.05) is 23.2 Å². The Morgan fingerprint density at radius 3 is 2.15 bits per heavy atom. The van der Waals surface area contributed by atoms with Gasteiger partial charge in [-0.25, -0.2) is 0 Å². The van der Waals surface area contributed by atoms with Gasteiger partial charge < -0.3 is 9.80 Å². The van der Waals surface area contributed by atoms with E-state index in [2.05, 4.69) is 6.07 Å². The van der Waals surface area contributed by atoms with Gasteiger partial charge in [-0.2, -0.15) is 5.26 Å². The van der Waals surface area contributed by atoms with Gasteiger partial charge in [-0.05, 0) is 43.3 Å². The minimum absolute atomic E-state index is 0.0487. The van der Waals surface area contributed by atoms with Gasteiger partial charge in [-0.3, -0.25) is 9.59 Å². The number of hydrogen-bond donors (Lipinski definition) is 0. The molecule has 1 aliphatic rings. The number of hydrogen-bond acceptors (Lipinski definition) is 4. The van der Waals surface area contributed by atoms with E-state index in [1.165, 1.54) is 6.92 Å². The molecule has 0 bridgehead atoms. The molecule has 1 amide bonds. The summed E-state index contributed by atoms with van der Waals surface area (Å²) in [7, 11) is 0. The molecule has 0 saturated carbocycles. The van der Waals surface area contributed by atoms with Gasteiger partial charge in [-0.15, -0.1) is 0 Å². The van der Waals surface area contributed by atoms with E-state index in [1.54, 1.807) is 41.3 Å². The molecule has 5 nitrogen and oxygen atoms in total. The third kappa shape index (κ3) is 4.24. The highest BCUT2D eigenvalue weighted by Gasteiger charge is 2.24. The zero-order valence-corrected chi connectivity index (χ0v) is 16.2. The first-order valence-corrected chi connectivity index (χ1v) is 9.20. The number of benzene rings is 2. The molecule has 2 aromatic rings. The van der Waals surface area contributed by atoms with Gasteiger partial charge in [0.25, 0.3) is 5.91 Å². The van der Waals surface area contributed by atoms with Crippen molar-refractivity contribution in [2.75, 3.05) is 31.1 Å². The Morgan fingerprint density at radius 2 is 1.59 bits per heavy atom. The van der Waals surface area contributed by atoms with Crippen LogP contribution in [0.25, 0.3) is 0 Å². The number of amides is 1. The second-order valence-electron chi connectivity index (χ2n) is 6.34. The van der Waals surface area contributed by atoms with Crippen LogP contribution in [0.3, 0.4) is 0 Å². The molecule has 1 saturated heterocycles. The van der Waals surface area contributed by atoms with Crippen LogP contribution in [-0.2, 0) is 0 Å². The molecule has 0 N–H and O–H groups in total. The molecule has 1 fully saturated rings. The predicted molar refractivity (Wildman–Crippen MR) is 106 cm³/mol. The quantitative estimate of drug-likeness (QED) is 0.728. The van der Waals surface area contributed by atoms with Gasteiger partial charge in [0.1, 0.15) is 6.07 Å². The zero-order valence-electron chi connectivity index (χ0n) is 14.7. The summed E-state index contributed by atoms with van der Waals surface area (Å²) >= 11 is 12.0. The highest BCUT2D eigenvalue weighted by atomic mass is 35.5. The molecule has 1 aliphatic heterocycles. The van der Waals surface area contributed by atoms with Crippen molar-refractivity contribution in [1.29, 1.82) is 5.26 Å². The van der Waals surface area contributed by atoms with Crippen LogP contribution in [0.15, 0.2) is 36.4 Å². The summed E-state index contributed by atoms with van der Waals surface area (Å²) in [4.78, 5) is 28.1.